The predicted molar refractivity (Wildman–Crippen MR) is 127 cm³/mol. The third kappa shape index (κ3) is 5.16. The highest BCUT2D eigenvalue weighted by molar-refractivity contribution is 9.10. The molecule has 4 rings (SSSR count). The molecule has 0 saturated carbocycles. The summed E-state index contributed by atoms with van der Waals surface area (Å²) in [5, 5.41) is 0. The first kappa shape index (κ1) is 22.4. The van der Waals surface area contributed by atoms with Gasteiger partial charge in [-0.05, 0) is 30.2 Å². The van der Waals surface area contributed by atoms with Crippen LogP contribution in [-0.4, -0.2) is 71.7 Å². The van der Waals surface area contributed by atoms with Gasteiger partial charge in [0.05, 0.1) is 11.1 Å². The molecule has 0 N–H and O–H groups in total. The van der Waals surface area contributed by atoms with Gasteiger partial charge in [0.2, 0.25) is 5.91 Å². The van der Waals surface area contributed by atoms with Crippen LogP contribution in [0.1, 0.15) is 39.1 Å². The fourth-order valence-corrected chi connectivity index (χ4v) is 4.46. The second-order valence-electron chi connectivity index (χ2n) is 8.05. The Balaban J connectivity index is 1.19. The van der Waals surface area contributed by atoms with Gasteiger partial charge in [0, 0.05) is 50.2 Å². The normalized spacial score (nSPS) is 16.8. The molecule has 2 aliphatic heterocycles. The number of halogens is 1. The average Bonchev–Trinajstić information content (AvgIpc) is 3.04. The smallest absolute Gasteiger partial charge is 0.261 e. The molecule has 7 heteroatoms. The Kier molecular flexibility index (Phi) is 7.17. The summed E-state index contributed by atoms with van der Waals surface area (Å²) in [6.07, 6.45) is 5.10. The molecule has 0 unspecified atom stereocenters. The van der Waals surface area contributed by atoms with Gasteiger partial charge >= 0.3 is 0 Å². The molecule has 0 aromatic heterocycles. The molecule has 1 fully saturated rings. The van der Waals surface area contributed by atoms with Crippen molar-refractivity contribution in [1.82, 2.24) is 14.7 Å². The Morgan fingerprint density at radius 3 is 2.41 bits per heavy atom. The summed E-state index contributed by atoms with van der Waals surface area (Å²) in [6.45, 7) is 4.24. The van der Waals surface area contributed by atoms with Gasteiger partial charge in [0.1, 0.15) is 0 Å². The zero-order valence-electron chi connectivity index (χ0n) is 17.9. The van der Waals surface area contributed by atoms with Gasteiger partial charge in [0.25, 0.3) is 11.8 Å². The summed E-state index contributed by atoms with van der Waals surface area (Å²) in [5.41, 5.74) is 2.04. The molecule has 2 aliphatic rings. The van der Waals surface area contributed by atoms with Gasteiger partial charge < -0.3 is 4.90 Å². The highest BCUT2D eigenvalue weighted by Crippen LogP contribution is 2.26. The van der Waals surface area contributed by atoms with Gasteiger partial charge in [0.15, 0.2) is 0 Å². The van der Waals surface area contributed by atoms with Crippen LogP contribution < -0.4 is 0 Å². The first-order valence-corrected chi connectivity index (χ1v) is 11.7. The number of hydrogen-bond donors (Lipinski definition) is 0. The number of rotatable bonds is 7. The van der Waals surface area contributed by atoms with E-state index in [1.54, 1.807) is 18.2 Å². The summed E-state index contributed by atoms with van der Waals surface area (Å²) in [7, 11) is 0. The number of nitrogens with zero attached hydrogens (tertiary/aromatic N) is 3. The molecule has 0 aliphatic carbocycles. The highest BCUT2D eigenvalue weighted by atomic mass is 79.9. The quantitative estimate of drug-likeness (QED) is 0.549. The van der Waals surface area contributed by atoms with Crippen LogP contribution in [0.15, 0.2) is 59.1 Å². The molecular formula is C25H26BrN3O3. The lowest BCUT2D eigenvalue weighted by Gasteiger charge is -2.34. The van der Waals surface area contributed by atoms with E-state index in [1.165, 1.54) is 10.5 Å². The molecule has 2 heterocycles. The van der Waals surface area contributed by atoms with Crippen LogP contribution in [0, 0.1) is 0 Å². The molecule has 2 aromatic rings. The standard InChI is InChI=1S/C25H26BrN3O3/c26-20-10-11-21-22(18-20)25(32)29(24(21)31)13-5-9-23(30)28-16-14-27(15-17-28)12-4-8-19-6-2-1-3-7-19/h1-4,6-8,10-11,18H,5,9,12-17H2/b8-4+. The number of carbonyl (C=O) groups is 3. The van der Waals surface area contributed by atoms with Crippen molar-refractivity contribution in [2.24, 2.45) is 0 Å². The topological polar surface area (TPSA) is 60.9 Å². The van der Waals surface area contributed by atoms with E-state index in [4.69, 9.17) is 0 Å². The van der Waals surface area contributed by atoms with Crippen LogP contribution in [0.25, 0.3) is 6.08 Å². The molecule has 1 saturated heterocycles. The van der Waals surface area contributed by atoms with Gasteiger partial charge in [-0.2, -0.15) is 0 Å². The predicted octanol–water partition coefficient (Wildman–Crippen LogP) is 3.68. The number of piperazine rings is 1. The number of imide groups is 1. The molecule has 0 atom stereocenters. The number of carbonyl (C=O) groups excluding carboxylic acids is 3. The van der Waals surface area contributed by atoms with Crippen molar-refractivity contribution in [3.05, 3.63) is 75.8 Å². The SMILES string of the molecule is O=C(CCCN1C(=O)c2ccc(Br)cc2C1=O)N1CCN(C/C=C/c2ccccc2)CC1. The van der Waals surface area contributed by atoms with Gasteiger partial charge in [-0.1, -0.05) is 58.4 Å². The van der Waals surface area contributed by atoms with Crippen LogP contribution in [0.2, 0.25) is 0 Å². The molecule has 0 radical (unpaired) electrons. The highest BCUT2D eigenvalue weighted by Gasteiger charge is 2.35. The van der Waals surface area contributed by atoms with Crippen molar-refractivity contribution in [2.45, 2.75) is 12.8 Å². The minimum Gasteiger partial charge on any atom is -0.340 e. The Morgan fingerprint density at radius 1 is 0.938 bits per heavy atom. The fourth-order valence-electron chi connectivity index (χ4n) is 4.09. The average molecular weight is 496 g/mol. The van der Waals surface area contributed by atoms with E-state index < -0.39 is 0 Å². The van der Waals surface area contributed by atoms with Crippen molar-refractivity contribution in [3.63, 3.8) is 0 Å². The lowest BCUT2D eigenvalue weighted by atomic mass is 10.1. The molecule has 6 nitrogen and oxygen atoms in total. The third-order valence-corrected chi connectivity index (χ3v) is 6.40. The van der Waals surface area contributed by atoms with Crippen LogP contribution in [0.3, 0.4) is 0 Å². The Labute approximate surface area is 196 Å². The summed E-state index contributed by atoms with van der Waals surface area (Å²) in [4.78, 5) is 43.1. The maximum absolute atomic E-state index is 12.6. The lowest BCUT2D eigenvalue weighted by Crippen LogP contribution is -2.48. The van der Waals surface area contributed by atoms with Gasteiger partial charge in [-0.15, -0.1) is 0 Å². The van der Waals surface area contributed by atoms with Gasteiger partial charge in [-0.25, -0.2) is 0 Å². The second-order valence-corrected chi connectivity index (χ2v) is 8.97. The maximum atomic E-state index is 12.6. The van der Waals surface area contributed by atoms with Crippen LogP contribution in [0.4, 0.5) is 0 Å². The van der Waals surface area contributed by atoms with E-state index in [-0.39, 0.29) is 24.3 Å². The molecular weight excluding hydrogens is 470 g/mol. The van der Waals surface area contributed by atoms with E-state index in [0.29, 0.717) is 37.1 Å². The zero-order valence-corrected chi connectivity index (χ0v) is 19.5. The summed E-state index contributed by atoms with van der Waals surface area (Å²) in [5.74, 6) is -0.470. The van der Waals surface area contributed by atoms with Crippen LogP contribution in [0.5, 0.6) is 0 Å². The minimum absolute atomic E-state index is 0.0869. The van der Waals surface area contributed by atoms with Crippen molar-refractivity contribution in [1.29, 1.82) is 0 Å². The first-order chi connectivity index (χ1) is 15.5. The molecule has 3 amide bonds. The van der Waals surface area contributed by atoms with E-state index in [1.807, 2.05) is 23.1 Å². The number of benzene rings is 2. The molecule has 166 valence electrons. The Bertz CT molecular complexity index is 1030. The van der Waals surface area contributed by atoms with E-state index in [9.17, 15) is 14.4 Å². The van der Waals surface area contributed by atoms with E-state index >= 15 is 0 Å². The number of fused-ring (bicyclic) bond motifs is 1. The largest absolute Gasteiger partial charge is 0.340 e. The first-order valence-electron chi connectivity index (χ1n) is 10.9. The molecule has 0 bridgehead atoms. The maximum Gasteiger partial charge on any atom is 0.261 e. The molecule has 32 heavy (non-hydrogen) atoms. The van der Waals surface area contributed by atoms with Crippen molar-refractivity contribution >= 4 is 39.7 Å². The van der Waals surface area contributed by atoms with Crippen molar-refractivity contribution in [3.8, 4) is 0 Å². The van der Waals surface area contributed by atoms with Crippen LogP contribution >= 0.6 is 15.9 Å². The van der Waals surface area contributed by atoms with Crippen LogP contribution in [-0.2, 0) is 4.79 Å². The second kappa shape index (κ2) is 10.2. The zero-order chi connectivity index (χ0) is 22.5. The molecule has 0 spiro atoms. The fraction of sp³-hybridized carbons (Fsp3) is 0.320. The van der Waals surface area contributed by atoms with E-state index in [2.05, 4.69) is 45.1 Å². The number of hydrogen-bond acceptors (Lipinski definition) is 4. The van der Waals surface area contributed by atoms with Crippen molar-refractivity contribution in [2.75, 3.05) is 39.3 Å². The van der Waals surface area contributed by atoms with Gasteiger partial charge in [-0.3, -0.25) is 24.2 Å². The molecule has 2 aromatic carbocycles. The summed E-state index contributed by atoms with van der Waals surface area (Å²) >= 11 is 3.34. The monoisotopic (exact) mass is 495 g/mol. The van der Waals surface area contributed by atoms with Crippen molar-refractivity contribution < 1.29 is 14.4 Å². The number of amides is 3. The third-order valence-electron chi connectivity index (χ3n) is 5.90. The minimum atomic E-state index is -0.282. The van der Waals surface area contributed by atoms with E-state index in [0.717, 1.165) is 24.1 Å². The lowest BCUT2D eigenvalue weighted by molar-refractivity contribution is -0.133. The Morgan fingerprint density at radius 2 is 1.66 bits per heavy atom. The summed E-state index contributed by atoms with van der Waals surface area (Å²) in [6, 6.07) is 15.3. The Hall–Kier alpha value is -2.77. The summed E-state index contributed by atoms with van der Waals surface area (Å²) < 4.78 is 0.768.